The minimum Gasteiger partial charge on any atom is -0.496 e. The Bertz CT molecular complexity index is 271. The lowest BCUT2D eigenvalue weighted by Crippen LogP contribution is -1.88. The van der Waals surface area contributed by atoms with Crippen molar-refractivity contribution in [2.75, 3.05) is 7.11 Å². The van der Waals surface area contributed by atoms with Crippen LogP contribution in [-0.4, -0.2) is 7.11 Å². The van der Waals surface area contributed by atoms with Crippen LogP contribution in [0.5, 0.6) is 5.75 Å². The van der Waals surface area contributed by atoms with Crippen molar-refractivity contribution in [3.05, 3.63) is 23.8 Å². The maximum Gasteiger partial charge on any atom is 0.132 e. The summed E-state index contributed by atoms with van der Waals surface area (Å²) in [4.78, 5) is 0.927. The second-order valence-corrected chi connectivity index (χ2v) is 3.59. The maximum absolute atomic E-state index is 5.13. The van der Waals surface area contributed by atoms with Crippen molar-refractivity contribution in [2.45, 2.75) is 31.1 Å². The van der Waals surface area contributed by atoms with E-state index in [9.17, 15) is 0 Å². The van der Waals surface area contributed by atoms with Crippen LogP contribution in [0.4, 0.5) is 0 Å². The molecular weight excluding hydrogens is 180 g/mol. The van der Waals surface area contributed by atoms with Gasteiger partial charge < -0.3 is 4.74 Å². The fourth-order valence-electron chi connectivity index (χ4n) is 1.27. The van der Waals surface area contributed by atoms with Gasteiger partial charge in [-0.1, -0.05) is 19.4 Å². The smallest absolute Gasteiger partial charge is 0.132 e. The van der Waals surface area contributed by atoms with Crippen LogP contribution in [-0.2, 0) is 6.42 Å². The average molecular weight is 196 g/mol. The van der Waals surface area contributed by atoms with Crippen molar-refractivity contribution >= 4 is 12.6 Å². The van der Waals surface area contributed by atoms with E-state index in [0.29, 0.717) is 0 Å². The topological polar surface area (TPSA) is 9.23 Å². The van der Waals surface area contributed by atoms with Crippen molar-refractivity contribution in [3.8, 4) is 5.75 Å². The lowest BCUT2D eigenvalue weighted by atomic mass is 10.1. The van der Waals surface area contributed by atoms with Gasteiger partial charge in [0.15, 0.2) is 0 Å². The Labute approximate surface area is 85.5 Å². The molecule has 0 aliphatic carbocycles. The van der Waals surface area contributed by atoms with Crippen LogP contribution < -0.4 is 4.74 Å². The Kier molecular flexibility index (Phi) is 4.16. The predicted molar refractivity (Wildman–Crippen MR) is 58.9 cm³/mol. The van der Waals surface area contributed by atoms with E-state index in [2.05, 4.69) is 31.7 Å². The van der Waals surface area contributed by atoms with Gasteiger partial charge in [-0.25, -0.2) is 0 Å². The fourth-order valence-corrected chi connectivity index (χ4v) is 1.60. The Balaban J connectivity index is 2.71. The summed E-state index contributed by atoms with van der Waals surface area (Å²) >= 11 is 4.34. The van der Waals surface area contributed by atoms with Gasteiger partial charge in [-0.05, 0) is 30.5 Å². The third-order valence-corrected chi connectivity index (χ3v) is 2.41. The number of methoxy groups -OCH3 is 1. The quantitative estimate of drug-likeness (QED) is 0.727. The molecule has 2 heteroatoms. The van der Waals surface area contributed by atoms with E-state index in [1.54, 1.807) is 7.11 Å². The van der Waals surface area contributed by atoms with Crippen LogP contribution in [0.15, 0.2) is 23.1 Å². The molecule has 13 heavy (non-hydrogen) atoms. The summed E-state index contributed by atoms with van der Waals surface area (Å²) in [6.07, 6.45) is 3.60. The summed E-state index contributed by atoms with van der Waals surface area (Å²) in [6, 6.07) is 6.17. The number of aryl methyl sites for hydroxylation is 1. The second-order valence-electron chi connectivity index (χ2n) is 3.11. The first-order valence-corrected chi connectivity index (χ1v) is 5.08. The first-order valence-electron chi connectivity index (χ1n) is 4.63. The number of benzene rings is 1. The molecular formula is C11H16OS. The van der Waals surface area contributed by atoms with Crippen molar-refractivity contribution < 1.29 is 4.74 Å². The highest BCUT2D eigenvalue weighted by Gasteiger charge is 1.99. The molecule has 0 aromatic heterocycles. The van der Waals surface area contributed by atoms with Gasteiger partial charge in [0.25, 0.3) is 0 Å². The lowest BCUT2D eigenvalue weighted by molar-refractivity contribution is 0.405. The highest BCUT2D eigenvalue weighted by Crippen LogP contribution is 2.23. The molecule has 0 aliphatic rings. The van der Waals surface area contributed by atoms with E-state index in [-0.39, 0.29) is 0 Å². The zero-order valence-electron chi connectivity index (χ0n) is 8.21. The van der Waals surface area contributed by atoms with Crippen LogP contribution in [0, 0.1) is 0 Å². The standard InChI is InChI=1S/C11H16OS/c1-3-4-5-9-6-7-10(12-2)11(13)8-9/h6-8,13H,3-5H2,1-2H3. The zero-order chi connectivity index (χ0) is 9.68. The van der Waals surface area contributed by atoms with Gasteiger partial charge in [0, 0.05) is 4.90 Å². The van der Waals surface area contributed by atoms with Gasteiger partial charge >= 0.3 is 0 Å². The van der Waals surface area contributed by atoms with E-state index >= 15 is 0 Å². The number of hydrogen-bond acceptors (Lipinski definition) is 2. The molecule has 0 fully saturated rings. The molecule has 0 aliphatic heterocycles. The summed E-state index contributed by atoms with van der Waals surface area (Å²) in [7, 11) is 1.67. The van der Waals surface area contributed by atoms with Crippen LogP contribution in [0.1, 0.15) is 25.3 Å². The zero-order valence-corrected chi connectivity index (χ0v) is 9.10. The minimum absolute atomic E-state index is 0.851. The molecule has 0 saturated heterocycles. The van der Waals surface area contributed by atoms with Crippen LogP contribution in [0.3, 0.4) is 0 Å². The molecule has 0 bridgehead atoms. The van der Waals surface area contributed by atoms with Crippen LogP contribution in [0.25, 0.3) is 0 Å². The first-order chi connectivity index (χ1) is 6.27. The molecule has 0 atom stereocenters. The van der Waals surface area contributed by atoms with E-state index < -0.39 is 0 Å². The van der Waals surface area contributed by atoms with Crippen LogP contribution in [0.2, 0.25) is 0 Å². The van der Waals surface area contributed by atoms with Gasteiger partial charge in [-0.3, -0.25) is 0 Å². The minimum atomic E-state index is 0.851. The van der Waals surface area contributed by atoms with Crippen molar-refractivity contribution in [1.29, 1.82) is 0 Å². The summed E-state index contributed by atoms with van der Waals surface area (Å²) < 4.78 is 5.13. The third kappa shape index (κ3) is 2.96. The van der Waals surface area contributed by atoms with Crippen molar-refractivity contribution in [1.82, 2.24) is 0 Å². The molecule has 1 nitrogen and oxygen atoms in total. The molecule has 0 saturated carbocycles. The molecule has 0 radical (unpaired) electrons. The number of ether oxygens (including phenoxy) is 1. The summed E-state index contributed by atoms with van der Waals surface area (Å²) in [5.74, 6) is 0.851. The normalized spacial score (nSPS) is 10.1. The fraction of sp³-hybridized carbons (Fsp3) is 0.455. The molecule has 0 amide bonds. The molecule has 0 heterocycles. The average Bonchev–Trinajstić information content (AvgIpc) is 2.15. The summed E-state index contributed by atoms with van der Waals surface area (Å²) in [5.41, 5.74) is 1.34. The van der Waals surface area contributed by atoms with E-state index in [0.717, 1.165) is 17.1 Å². The van der Waals surface area contributed by atoms with Crippen LogP contribution >= 0.6 is 12.6 Å². The Morgan fingerprint density at radius 3 is 2.69 bits per heavy atom. The summed E-state index contributed by atoms with van der Waals surface area (Å²) in [5, 5.41) is 0. The molecule has 1 aromatic carbocycles. The third-order valence-electron chi connectivity index (χ3n) is 2.06. The maximum atomic E-state index is 5.13. The SMILES string of the molecule is CCCCc1ccc(OC)c(S)c1. The lowest BCUT2D eigenvalue weighted by Gasteiger charge is -2.05. The monoisotopic (exact) mass is 196 g/mol. The highest BCUT2D eigenvalue weighted by atomic mass is 32.1. The highest BCUT2D eigenvalue weighted by molar-refractivity contribution is 7.80. The van der Waals surface area contributed by atoms with Crippen molar-refractivity contribution in [3.63, 3.8) is 0 Å². The number of rotatable bonds is 4. The van der Waals surface area contributed by atoms with Gasteiger partial charge in [-0.15, -0.1) is 12.6 Å². The van der Waals surface area contributed by atoms with Gasteiger partial charge in [0.2, 0.25) is 0 Å². The van der Waals surface area contributed by atoms with E-state index in [4.69, 9.17) is 4.74 Å². The molecule has 72 valence electrons. The van der Waals surface area contributed by atoms with Gasteiger partial charge in [0.05, 0.1) is 7.11 Å². The Hall–Kier alpha value is -0.630. The molecule has 1 rings (SSSR count). The largest absolute Gasteiger partial charge is 0.496 e. The predicted octanol–water partition coefficient (Wildman–Crippen LogP) is 3.33. The van der Waals surface area contributed by atoms with Gasteiger partial charge in [0.1, 0.15) is 5.75 Å². The number of hydrogen-bond donors (Lipinski definition) is 1. The van der Waals surface area contributed by atoms with E-state index in [1.165, 1.54) is 18.4 Å². The molecule has 1 aromatic rings. The molecule has 0 spiro atoms. The Morgan fingerprint density at radius 2 is 2.15 bits per heavy atom. The van der Waals surface area contributed by atoms with Crippen molar-refractivity contribution in [2.24, 2.45) is 0 Å². The second kappa shape index (κ2) is 5.18. The molecule has 0 N–H and O–H groups in total. The number of unbranched alkanes of at least 4 members (excludes halogenated alkanes) is 1. The number of thiol groups is 1. The van der Waals surface area contributed by atoms with E-state index in [1.807, 2.05) is 6.07 Å². The Morgan fingerprint density at radius 1 is 1.38 bits per heavy atom. The summed E-state index contributed by atoms with van der Waals surface area (Å²) in [6.45, 7) is 2.20. The first kappa shape index (κ1) is 10.5. The molecule has 0 unspecified atom stereocenters. The van der Waals surface area contributed by atoms with Gasteiger partial charge in [-0.2, -0.15) is 0 Å².